The van der Waals surface area contributed by atoms with Gasteiger partial charge in [-0.2, -0.15) is 0 Å². The summed E-state index contributed by atoms with van der Waals surface area (Å²) in [6, 6.07) is 0. The summed E-state index contributed by atoms with van der Waals surface area (Å²) in [5.74, 6) is -1.30. The van der Waals surface area contributed by atoms with Crippen molar-refractivity contribution in [3.63, 3.8) is 0 Å². The second kappa shape index (κ2) is 8.98. The second-order valence-corrected chi connectivity index (χ2v) is 6.06. The summed E-state index contributed by atoms with van der Waals surface area (Å²) in [5, 5.41) is 0. The third-order valence-corrected chi connectivity index (χ3v) is 3.54. The molecule has 0 N–H and O–H groups in total. The predicted octanol–water partition coefficient (Wildman–Crippen LogP) is 3.48. The molecule has 1 aliphatic rings. The zero-order chi connectivity index (χ0) is 15.0. The SMILES string of the molecule is CCCC(C(=O)OCC(C)C)C(=O)OC1CCCCC1. The third kappa shape index (κ3) is 5.93. The maximum Gasteiger partial charge on any atom is 0.320 e. The smallest absolute Gasteiger partial charge is 0.320 e. The minimum Gasteiger partial charge on any atom is -0.465 e. The second-order valence-electron chi connectivity index (χ2n) is 6.06. The molecule has 4 heteroatoms. The summed E-state index contributed by atoms with van der Waals surface area (Å²) in [4.78, 5) is 24.2. The van der Waals surface area contributed by atoms with E-state index in [0.717, 1.165) is 32.1 Å². The van der Waals surface area contributed by atoms with Crippen LogP contribution in [0, 0.1) is 11.8 Å². The molecule has 20 heavy (non-hydrogen) atoms. The van der Waals surface area contributed by atoms with E-state index in [2.05, 4.69) is 0 Å². The predicted molar refractivity (Wildman–Crippen MR) is 77.2 cm³/mol. The van der Waals surface area contributed by atoms with E-state index in [0.29, 0.717) is 13.0 Å². The number of hydrogen-bond donors (Lipinski definition) is 0. The lowest BCUT2D eigenvalue weighted by atomic mass is 9.97. The van der Waals surface area contributed by atoms with Crippen LogP contribution in [-0.2, 0) is 19.1 Å². The van der Waals surface area contributed by atoms with Gasteiger partial charge in [-0.1, -0.05) is 33.6 Å². The lowest BCUT2D eigenvalue weighted by Crippen LogP contribution is -2.32. The number of esters is 2. The van der Waals surface area contributed by atoms with Gasteiger partial charge in [-0.05, 0) is 38.0 Å². The normalized spacial score (nSPS) is 17.8. The van der Waals surface area contributed by atoms with Crippen molar-refractivity contribution in [1.29, 1.82) is 0 Å². The van der Waals surface area contributed by atoms with Crippen molar-refractivity contribution in [2.24, 2.45) is 11.8 Å². The van der Waals surface area contributed by atoms with Gasteiger partial charge in [0, 0.05) is 0 Å². The van der Waals surface area contributed by atoms with Gasteiger partial charge in [0.1, 0.15) is 6.10 Å². The molecule has 0 aromatic rings. The van der Waals surface area contributed by atoms with Crippen LogP contribution in [0.4, 0.5) is 0 Å². The van der Waals surface area contributed by atoms with Gasteiger partial charge < -0.3 is 9.47 Å². The summed E-state index contributed by atoms with van der Waals surface area (Å²) in [7, 11) is 0. The molecule has 1 atom stereocenters. The highest BCUT2D eigenvalue weighted by molar-refractivity contribution is 5.94. The van der Waals surface area contributed by atoms with E-state index in [9.17, 15) is 9.59 Å². The number of carbonyl (C=O) groups excluding carboxylic acids is 2. The molecule has 0 aromatic heterocycles. The fraction of sp³-hybridized carbons (Fsp3) is 0.875. The van der Waals surface area contributed by atoms with E-state index in [1.807, 2.05) is 20.8 Å². The molecule has 0 saturated heterocycles. The molecule has 1 fully saturated rings. The van der Waals surface area contributed by atoms with Crippen LogP contribution in [0.1, 0.15) is 65.7 Å². The Morgan fingerprint density at radius 2 is 1.75 bits per heavy atom. The van der Waals surface area contributed by atoms with Crippen LogP contribution in [0.15, 0.2) is 0 Å². The Kier molecular flexibility index (Phi) is 7.63. The standard InChI is InChI=1S/C16H28O4/c1-4-8-14(15(17)19-11-12(2)3)16(18)20-13-9-6-5-7-10-13/h12-14H,4-11H2,1-3H3. The van der Waals surface area contributed by atoms with Crippen molar-refractivity contribution >= 4 is 11.9 Å². The van der Waals surface area contributed by atoms with Gasteiger partial charge in [-0.25, -0.2) is 0 Å². The molecule has 4 nitrogen and oxygen atoms in total. The molecular formula is C16H28O4. The highest BCUT2D eigenvalue weighted by atomic mass is 16.6. The topological polar surface area (TPSA) is 52.6 Å². The van der Waals surface area contributed by atoms with Crippen molar-refractivity contribution in [2.75, 3.05) is 6.61 Å². The molecular weight excluding hydrogens is 256 g/mol. The average Bonchev–Trinajstić information content (AvgIpc) is 2.43. The summed E-state index contributed by atoms with van der Waals surface area (Å²) in [5.41, 5.74) is 0. The first-order valence-electron chi connectivity index (χ1n) is 7.91. The molecule has 0 bridgehead atoms. The highest BCUT2D eigenvalue weighted by Gasteiger charge is 2.31. The van der Waals surface area contributed by atoms with Crippen LogP contribution in [-0.4, -0.2) is 24.6 Å². The molecule has 116 valence electrons. The van der Waals surface area contributed by atoms with Crippen molar-refractivity contribution in [2.45, 2.75) is 71.8 Å². The Morgan fingerprint density at radius 3 is 2.30 bits per heavy atom. The van der Waals surface area contributed by atoms with Crippen molar-refractivity contribution in [1.82, 2.24) is 0 Å². The van der Waals surface area contributed by atoms with Gasteiger partial charge in [0.25, 0.3) is 0 Å². The largest absolute Gasteiger partial charge is 0.465 e. The highest BCUT2D eigenvalue weighted by Crippen LogP contribution is 2.22. The Balaban J connectivity index is 2.49. The van der Waals surface area contributed by atoms with Crippen molar-refractivity contribution < 1.29 is 19.1 Å². The Morgan fingerprint density at radius 1 is 1.10 bits per heavy atom. The summed E-state index contributed by atoms with van der Waals surface area (Å²) in [6.07, 6.45) is 6.53. The molecule has 0 radical (unpaired) electrons. The van der Waals surface area contributed by atoms with Crippen LogP contribution in [0.5, 0.6) is 0 Å². The molecule has 1 saturated carbocycles. The van der Waals surface area contributed by atoms with Crippen LogP contribution < -0.4 is 0 Å². The molecule has 0 spiro atoms. The molecule has 0 aromatic carbocycles. The van der Waals surface area contributed by atoms with Gasteiger partial charge in [0.15, 0.2) is 5.92 Å². The lowest BCUT2D eigenvalue weighted by molar-refractivity contribution is -0.167. The minimum atomic E-state index is -0.749. The van der Waals surface area contributed by atoms with Gasteiger partial charge in [-0.15, -0.1) is 0 Å². The quantitative estimate of drug-likeness (QED) is 0.530. The van der Waals surface area contributed by atoms with Gasteiger partial charge in [0.2, 0.25) is 0 Å². The Bertz CT molecular complexity index is 306. The minimum absolute atomic E-state index is 0.00601. The van der Waals surface area contributed by atoms with E-state index in [4.69, 9.17) is 9.47 Å². The first-order valence-corrected chi connectivity index (χ1v) is 7.91. The molecule has 0 aliphatic heterocycles. The number of ether oxygens (including phenoxy) is 2. The van der Waals surface area contributed by atoms with Crippen LogP contribution in [0.2, 0.25) is 0 Å². The van der Waals surface area contributed by atoms with E-state index < -0.39 is 17.9 Å². The molecule has 1 rings (SSSR count). The van der Waals surface area contributed by atoms with Crippen LogP contribution >= 0.6 is 0 Å². The number of hydrogen-bond acceptors (Lipinski definition) is 4. The average molecular weight is 284 g/mol. The zero-order valence-electron chi connectivity index (χ0n) is 13.0. The lowest BCUT2D eigenvalue weighted by Gasteiger charge is -2.24. The first kappa shape index (κ1) is 17.0. The van der Waals surface area contributed by atoms with Crippen LogP contribution in [0.25, 0.3) is 0 Å². The monoisotopic (exact) mass is 284 g/mol. The zero-order valence-corrected chi connectivity index (χ0v) is 13.0. The van der Waals surface area contributed by atoms with Gasteiger partial charge in [-0.3, -0.25) is 9.59 Å². The molecule has 0 heterocycles. The molecule has 1 aliphatic carbocycles. The van der Waals surface area contributed by atoms with Crippen molar-refractivity contribution in [3.05, 3.63) is 0 Å². The maximum atomic E-state index is 12.2. The molecule has 1 unspecified atom stereocenters. The van der Waals surface area contributed by atoms with Gasteiger partial charge in [0.05, 0.1) is 6.61 Å². The summed E-state index contributed by atoms with van der Waals surface area (Å²) >= 11 is 0. The molecule has 0 amide bonds. The number of rotatable bonds is 7. The fourth-order valence-electron chi connectivity index (χ4n) is 2.40. The Labute approximate surface area is 122 Å². The van der Waals surface area contributed by atoms with E-state index in [1.165, 1.54) is 6.42 Å². The summed E-state index contributed by atoms with van der Waals surface area (Å²) in [6.45, 7) is 6.26. The maximum absolute atomic E-state index is 12.2. The number of carbonyl (C=O) groups is 2. The van der Waals surface area contributed by atoms with E-state index in [1.54, 1.807) is 0 Å². The van der Waals surface area contributed by atoms with E-state index >= 15 is 0 Å². The third-order valence-electron chi connectivity index (χ3n) is 3.54. The fourth-order valence-corrected chi connectivity index (χ4v) is 2.40. The first-order chi connectivity index (χ1) is 9.54. The van der Waals surface area contributed by atoms with Crippen LogP contribution in [0.3, 0.4) is 0 Å². The summed E-state index contributed by atoms with van der Waals surface area (Å²) < 4.78 is 10.7. The van der Waals surface area contributed by atoms with Gasteiger partial charge >= 0.3 is 11.9 Å². The Hall–Kier alpha value is -1.06. The van der Waals surface area contributed by atoms with Crippen molar-refractivity contribution in [3.8, 4) is 0 Å². The van der Waals surface area contributed by atoms with E-state index in [-0.39, 0.29) is 12.0 Å².